The molecule has 2 saturated heterocycles. The Bertz CT molecular complexity index is 773. The zero-order valence-corrected chi connectivity index (χ0v) is 26.4. The van der Waals surface area contributed by atoms with Crippen LogP contribution >= 0.6 is 0 Å². The summed E-state index contributed by atoms with van der Waals surface area (Å²) in [5, 5.41) is 4.96. The number of piperidine rings is 1. The van der Waals surface area contributed by atoms with Gasteiger partial charge in [0.15, 0.2) is 0 Å². The first kappa shape index (κ1) is 36.6. The predicted molar refractivity (Wildman–Crippen MR) is 159 cm³/mol. The van der Waals surface area contributed by atoms with Gasteiger partial charge in [-0.2, -0.15) is 0 Å². The first-order valence-electron chi connectivity index (χ1n) is 14.7. The molecule has 2 heterocycles. The highest BCUT2D eigenvalue weighted by atomic mass is 16.2. The van der Waals surface area contributed by atoms with Crippen LogP contribution in [0.3, 0.4) is 0 Å². The maximum atomic E-state index is 12.8. The molecule has 0 radical (unpaired) electrons. The molecule has 9 heteroatoms. The number of rotatable bonds is 9. The zero-order chi connectivity index (χ0) is 30.1. The van der Waals surface area contributed by atoms with Gasteiger partial charge >= 0.3 is 0 Å². The Hall–Kier alpha value is -2.42. The maximum absolute atomic E-state index is 12.8. The normalized spacial score (nSPS) is 18.5. The predicted octanol–water partition coefficient (Wildman–Crippen LogP) is 3.44. The largest absolute Gasteiger partial charge is 0.357 e. The van der Waals surface area contributed by atoms with Crippen molar-refractivity contribution < 1.29 is 19.2 Å². The van der Waals surface area contributed by atoms with Crippen LogP contribution in [-0.4, -0.2) is 97.2 Å². The van der Waals surface area contributed by atoms with Crippen LogP contribution in [0.25, 0.3) is 0 Å². The van der Waals surface area contributed by atoms with Gasteiger partial charge in [0, 0.05) is 32.3 Å². The highest BCUT2D eigenvalue weighted by Crippen LogP contribution is 2.21. The third-order valence-corrected chi connectivity index (χ3v) is 6.80. The molecule has 0 bridgehead atoms. The fourth-order valence-corrected chi connectivity index (χ4v) is 4.61. The van der Waals surface area contributed by atoms with Gasteiger partial charge in [-0.1, -0.05) is 47.1 Å². The summed E-state index contributed by atoms with van der Waals surface area (Å²) in [5.41, 5.74) is 0.502. The monoisotopic (exact) mass is 551 g/mol. The third-order valence-electron chi connectivity index (χ3n) is 6.80. The number of hydrogen-bond acceptors (Lipinski definition) is 5. The summed E-state index contributed by atoms with van der Waals surface area (Å²) >= 11 is 0. The Labute approximate surface area is 238 Å². The lowest BCUT2D eigenvalue weighted by Crippen LogP contribution is -2.46. The molecule has 4 amide bonds. The lowest BCUT2D eigenvalue weighted by Gasteiger charge is -2.30. The van der Waals surface area contributed by atoms with Crippen molar-refractivity contribution in [3.05, 3.63) is 11.6 Å². The second-order valence-corrected chi connectivity index (χ2v) is 11.8. The molecule has 226 valence electrons. The summed E-state index contributed by atoms with van der Waals surface area (Å²) in [5.74, 6) is 0.331. The molecular formula is C30H57N5O4. The first-order chi connectivity index (χ1) is 18.3. The standard InChI is InChI=1S/C18H30N4O4.C8H17N.C4H10/c1-12(2)15(21(5)16(24)10-20-11-23)9-13(3)18(26)22-8-6-7-14(22)17(25)19-4;1-8(2)9-6-4-3-5-7-9;1-4(2)3/h9,11-12,14-15H,6-8,10H2,1-5H3,(H,19,25)(H,20,23);8H,3-7H2,1-2H3;4H,1-3H3/b13-9+;;/t14-,15+;;/m0../s1. The third kappa shape index (κ3) is 14.0. The molecule has 0 aromatic carbocycles. The van der Waals surface area contributed by atoms with Crippen LogP contribution in [0.4, 0.5) is 0 Å². The summed E-state index contributed by atoms with van der Waals surface area (Å²) in [4.78, 5) is 53.0. The average molecular weight is 552 g/mol. The molecule has 2 fully saturated rings. The number of carbonyl (C=O) groups excluding carboxylic acids is 4. The minimum absolute atomic E-state index is 0.0799. The highest BCUT2D eigenvalue weighted by molar-refractivity contribution is 5.97. The number of hydrogen-bond donors (Lipinski definition) is 2. The maximum Gasteiger partial charge on any atom is 0.249 e. The Morgan fingerprint density at radius 2 is 1.51 bits per heavy atom. The van der Waals surface area contributed by atoms with E-state index in [1.165, 1.54) is 37.3 Å². The van der Waals surface area contributed by atoms with Crippen molar-refractivity contribution >= 4 is 24.1 Å². The van der Waals surface area contributed by atoms with Crippen molar-refractivity contribution in [2.45, 2.75) is 106 Å². The fraction of sp³-hybridized carbons (Fsp3) is 0.800. The lowest BCUT2D eigenvalue weighted by atomic mass is 9.99. The molecule has 39 heavy (non-hydrogen) atoms. The number of likely N-dealkylation sites (tertiary alicyclic amines) is 2. The molecule has 2 rings (SSSR count). The number of carbonyl (C=O) groups is 4. The first-order valence-corrected chi connectivity index (χ1v) is 14.7. The van der Waals surface area contributed by atoms with E-state index < -0.39 is 6.04 Å². The van der Waals surface area contributed by atoms with E-state index in [-0.39, 0.29) is 36.2 Å². The molecule has 0 spiro atoms. The van der Waals surface area contributed by atoms with Crippen molar-refractivity contribution in [2.75, 3.05) is 40.3 Å². The van der Waals surface area contributed by atoms with Gasteiger partial charge in [-0.25, -0.2) is 0 Å². The number of nitrogens with zero attached hydrogens (tertiary/aromatic N) is 3. The molecule has 0 aromatic rings. The van der Waals surface area contributed by atoms with Crippen LogP contribution in [0.5, 0.6) is 0 Å². The van der Waals surface area contributed by atoms with Gasteiger partial charge in [-0.3, -0.25) is 19.2 Å². The van der Waals surface area contributed by atoms with Crippen LogP contribution in [-0.2, 0) is 19.2 Å². The molecule has 2 atom stereocenters. The van der Waals surface area contributed by atoms with Crippen molar-refractivity contribution in [2.24, 2.45) is 11.8 Å². The summed E-state index contributed by atoms with van der Waals surface area (Å²) < 4.78 is 0. The molecule has 2 aliphatic heterocycles. The second-order valence-electron chi connectivity index (χ2n) is 11.8. The number of amides is 4. The van der Waals surface area contributed by atoms with E-state index >= 15 is 0 Å². The minimum atomic E-state index is -0.440. The van der Waals surface area contributed by atoms with Gasteiger partial charge < -0.3 is 25.3 Å². The smallest absolute Gasteiger partial charge is 0.249 e. The highest BCUT2D eigenvalue weighted by Gasteiger charge is 2.34. The quantitative estimate of drug-likeness (QED) is 0.338. The Morgan fingerprint density at radius 1 is 0.949 bits per heavy atom. The Balaban J connectivity index is 0.000000907. The van der Waals surface area contributed by atoms with Crippen molar-refractivity contribution in [1.82, 2.24) is 25.3 Å². The van der Waals surface area contributed by atoms with Gasteiger partial charge in [0.25, 0.3) is 0 Å². The summed E-state index contributed by atoms with van der Waals surface area (Å²) in [7, 11) is 3.21. The second kappa shape index (κ2) is 19.6. The van der Waals surface area contributed by atoms with Crippen molar-refractivity contribution in [3.8, 4) is 0 Å². The van der Waals surface area contributed by atoms with Gasteiger partial charge in [-0.05, 0) is 71.4 Å². The van der Waals surface area contributed by atoms with E-state index in [1.807, 2.05) is 13.8 Å². The summed E-state index contributed by atoms with van der Waals surface area (Å²) in [6, 6.07) is 0.0377. The van der Waals surface area contributed by atoms with Crippen LogP contribution in [0, 0.1) is 11.8 Å². The van der Waals surface area contributed by atoms with E-state index in [0.29, 0.717) is 24.9 Å². The summed E-state index contributed by atoms with van der Waals surface area (Å²) in [6.45, 7) is 19.8. The molecule has 2 aliphatic rings. The van der Waals surface area contributed by atoms with Crippen molar-refractivity contribution in [3.63, 3.8) is 0 Å². The summed E-state index contributed by atoms with van der Waals surface area (Å²) in [6.07, 6.45) is 7.97. The SMILES string of the molecule is CC(C)C.CC(C)N1CCCCC1.CNC(=O)[C@@H]1CCCN1C(=O)/C(C)=C/[C@H](C(C)C)N(C)C(=O)CNC=O. The Kier molecular flexibility index (Phi) is 18.4. The molecule has 2 N–H and O–H groups in total. The molecule has 0 aliphatic carbocycles. The van der Waals surface area contributed by atoms with E-state index in [1.54, 1.807) is 32.0 Å². The molecular weight excluding hydrogens is 494 g/mol. The topological polar surface area (TPSA) is 102 Å². The van der Waals surface area contributed by atoms with Crippen LogP contribution in [0.1, 0.15) is 87.5 Å². The Morgan fingerprint density at radius 3 is 1.95 bits per heavy atom. The van der Waals surface area contributed by atoms with Gasteiger partial charge in [0.1, 0.15) is 6.04 Å². The van der Waals surface area contributed by atoms with E-state index in [2.05, 4.69) is 50.2 Å². The average Bonchev–Trinajstić information content (AvgIpc) is 3.39. The van der Waals surface area contributed by atoms with Gasteiger partial charge in [-0.15, -0.1) is 0 Å². The van der Waals surface area contributed by atoms with Crippen LogP contribution < -0.4 is 10.6 Å². The lowest BCUT2D eigenvalue weighted by molar-refractivity contribution is -0.135. The molecule has 0 saturated carbocycles. The van der Waals surface area contributed by atoms with Gasteiger partial charge in [0.2, 0.25) is 24.1 Å². The molecule has 0 aromatic heterocycles. The molecule has 9 nitrogen and oxygen atoms in total. The number of nitrogens with one attached hydrogen (secondary N) is 2. The van der Waals surface area contributed by atoms with Crippen LogP contribution in [0.2, 0.25) is 0 Å². The number of likely N-dealkylation sites (N-methyl/N-ethyl adjacent to an activating group) is 2. The van der Waals surface area contributed by atoms with E-state index in [9.17, 15) is 19.2 Å². The van der Waals surface area contributed by atoms with Gasteiger partial charge in [0.05, 0.1) is 12.6 Å². The van der Waals surface area contributed by atoms with Crippen LogP contribution in [0.15, 0.2) is 11.6 Å². The van der Waals surface area contributed by atoms with E-state index in [0.717, 1.165) is 18.4 Å². The minimum Gasteiger partial charge on any atom is -0.357 e. The zero-order valence-electron chi connectivity index (χ0n) is 26.4. The molecule has 0 unspecified atom stereocenters. The fourth-order valence-electron chi connectivity index (χ4n) is 4.61. The van der Waals surface area contributed by atoms with Crippen molar-refractivity contribution in [1.29, 1.82) is 0 Å². The van der Waals surface area contributed by atoms with E-state index in [4.69, 9.17) is 0 Å².